The summed E-state index contributed by atoms with van der Waals surface area (Å²) in [6.45, 7) is 4.53. The molecule has 1 saturated carbocycles. The van der Waals surface area contributed by atoms with Gasteiger partial charge in [0.05, 0.1) is 6.54 Å². The van der Waals surface area contributed by atoms with E-state index >= 15 is 0 Å². The molecule has 4 heteroatoms. The molecule has 1 unspecified atom stereocenters. The van der Waals surface area contributed by atoms with E-state index in [-0.39, 0.29) is 24.4 Å². The lowest BCUT2D eigenvalue weighted by Gasteiger charge is -2.42. The van der Waals surface area contributed by atoms with Gasteiger partial charge in [-0.2, -0.15) is 0 Å². The van der Waals surface area contributed by atoms with Gasteiger partial charge in [-0.3, -0.25) is 9.59 Å². The van der Waals surface area contributed by atoms with Crippen LogP contribution in [0.15, 0.2) is 0 Å². The number of carbonyl (C=O) groups excluding carboxylic acids is 2. The van der Waals surface area contributed by atoms with E-state index in [1.54, 1.807) is 0 Å². The second-order valence-corrected chi connectivity index (χ2v) is 6.47. The molecule has 0 aromatic carbocycles. The van der Waals surface area contributed by atoms with E-state index in [0.29, 0.717) is 0 Å². The Balaban J connectivity index is 1.95. The SMILES string of the molecule is CCCCCCC(C)N1CC(=O)NC2(CCCC2)C1=O. The molecule has 0 aromatic heterocycles. The molecule has 0 bridgehead atoms. The fourth-order valence-corrected chi connectivity index (χ4v) is 3.56. The van der Waals surface area contributed by atoms with Gasteiger partial charge in [-0.25, -0.2) is 0 Å². The third-order valence-electron chi connectivity index (χ3n) is 4.83. The molecule has 1 saturated heterocycles. The normalized spacial score (nSPS) is 23.2. The quantitative estimate of drug-likeness (QED) is 0.760. The van der Waals surface area contributed by atoms with Crippen LogP contribution in [0.25, 0.3) is 0 Å². The van der Waals surface area contributed by atoms with Crippen molar-refractivity contribution in [3.05, 3.63) is 0 Å². The molecule has 1 aliphatic heterocycles. The second-order valence-electron chi connectivity index (χ2n) is 6.47. The summed E-state index contributed by atoms with van der Waals surface area (Å²) >= 11 is 0. The summed E-state index contributed by atoms with van der Waals surface area (Å²) in [6.07, 6.45) is 9.58. The number of unbranched alkanes of at least 4 members (excludes halogenated alkanes) is 3. The van der Waals surface area contributed by atoms with Crippen LogP contribution in [0, 0.1) is 0 Å². The molecule has 2 amide bonds. The third-order valence-corrected chi connectivity index (χ3v) is 4.83. The van der Waals surface area contributed by atoms with E-state index in [4.69, 9.17) is 0 Å². The van der Waals surface area contributed by atoms with Crippen LogP contribution in [0.4, 0.5) is 0 Å². The lowest BCUT2D eigenvalue weighted by atomic mass is 9.91. The minimum absolute atomic E-state index is 0.0203. The summed E-state index contributed by atoms with van der Waals surface area (Å²) < 4.78 is 0. The first-order chi connectivity index (χ1) is 9.59. The minimum atomic E-state index is -0.562. The molecule has 1 aliphatic carbocycles. The Bertz CT molecular complexity index is 361. The molecule has 20 heavy (non-hydrogen) atoms. The Hall–Kier alpha value is -1.06. The van der Waals surface area contributed by atoms with E-state index in [1.807, 2.05) is 4.90 Å². The second kappa shape index (κ2) is 6.59. The van der Waals surface area contributed by atoms with Crippen LogP contribution in [-0.2, 0) is 9.59 Å². The Morgan fingerprint density at radius 3 is 2.55 bits per heavy atom. The third kappa shape index (κ3) is 3.15. The van der Waals surface area contributed by atoms with E-state index in [9.17, 15) is 9.59 Å². The van der Waals surface area contributed by atoms with Crippen molar-refractivity contribution in [2.75, 3.05) is 6.54 Å². The van der Waals surface area contributed by atoms with Gasteiger partial charge in [0.15, 0.2) is 0 Å². The lowest BCUT2D eigenvalue weighted by molar-refractivity contribution is -0.152. The Morgan fingerprint density at radius 2 is 1.90 bits per heavy atom. The fraction of sp³-hybridized carbons (Fsp3) is 0.875. The molecule has 2 rings (SSSR count). The van der Waals surface area contributed by atoms with Crippen molar-refractivity contribution >= 4 is 11.8 Å². The number of piperazine rings is 1. The van der Waals surface area contributed by atoms with Gasteiger partial charge >= 0.3 is 0 Å². The molecule has 1 spiro atoms. The molecule has 0 radical (unpaired) electrons. The van der Waals surface area contributed by atoms with E-state index in [1.165, 1.54) is 19.3 Å². The summed E-state index contributed by atoms with van der Waals surface area (Å²) in [5, 5.41) is 2.97. The molecular weight excluding hydrogens is 252 g/mol. The molecule has 114 valence electrons. The molecule has 4 nitrogen and oxygen atoms in total. The largest absolute Gasteiger partial charge is 0.340 e. The van der Waals surface area contributed by atoms with Crippen LogP contribution in [0.1, 0.15) is 71.6 Å². The Kier molecular flexibility index (Phi) is 5.06. The van der Waals surface area contributed by atoms with Crippen LogP contribution in [-0.4, -0.2) is 34.8 Å². The summed E-state index contributed by atoms with van der Waals surface area (Å²) in [5.74, 6) is 0.185. The zero-order valence-electron chi connectivity index (χ0n) is 12.9. The predicted octanol–water partition coefficient (Wildman–Crippen LogP) is 2.62. The van der Waals surface area contributed by atoms with Crippen LogP contribution in [0.5, 0.6) is 0 Å². The summed E-state index contributed by atoms with van der Waals surface area (Å²) in [5.41, 5.74) is -0.562. The van der Waals surface area contributed by atoms with Gasteiger partial charge < -0.3 is 10.2 Å². The zero-order chi connectivity index (χ0) is 14.6. The number of nitrogens with zero attached hydrogens (tertiary/aromatic N) is 1. The maximum absolute atomic E-state index is 12.7. The van der Waals surface area contributed by atoms with Gasteiger partial charge in [0.2, 0.25) is 11.8 Å². The van der Waals surface area contributed by atoms with Crippen molar-refractivity contribution < 1.29 is 9.59 Å². The number of hydrogen-bond acceptors (Lipinski definition) is 2. The molecule has 2 fully saturated rings. The number of rotatable bonds is 6. The van der Waals surface area contributed by atoms with Gasteiger partial charge in [0.25, 0.3) is 0 Å². The van der Waals surface area contributed by atoms with Crippen LogP contribution < -0.4 is 5.32 Å². The molecule has 1 atom stereocenters. The average molecular weight is 280 g/mol. The highest BCUT2D eigenvalue weighted by Gasteiger charge is 2.49. The first kappa shape index (κ1) is 15.3. The maximum atomic E-state index is 12.7. The predicted molar refractivity (Wildman–Crippen MR) is 79.3 cm³/mol. The number of carbonyl (C=O) groups is 2. The van der Waals surface area contributed by atoms with Gasteiger partial charge in [-0.15, -0.1) is 0 Å². The van der Waals surface area contributed by atoms with Crippen LogP contribution >= 0.6 is 0 Å². The highest BCUT2D eigenvalue weighted by molar-refractivity contribution is 5.98. The van der Waals surface area contributed by atoms with Gasteiger partial charge in [-0.1, -0.05) is 45.4 Å². The first-order valence-corrected chi connectivity index (χ1v) is 8.21. The molecule has 1 heterocycles. The standard InChI is InChI=1S/C16H28N2O2/c1-3-4-5-6-9-13(2)18-12-14(19)17-16(15(18)20)10-7-8-11-16/h13H,3-12H2,1-2H3,(H,17,19). The van der Waals surface area contributed by atoms with Gasteiger partial charge in [-0.05, 0) is 26.2 Å². The summed E-state index contributed by atoms with van der Waals surface area (Å²) in [7, 11) is 0. The van der Waals surface area contributed by atoms with E-state index in [0.717, 1.165) is 38.5 Å². The minimum Gasteiger partial charge on any atom is -0.340 e. The molecule has 2 aliphatic rings. The van der Waals surface area contributed by atoms with Crippen molar-refractivity contribution in [3.8, 4) is 0 Å². The fourth-order valence-electron chi connectivity index (χ4n) is 3.56. The first-order valence-electron chi connectivity index (χ1n) is 8.21. The smallest absolute Gasteiger partial charge is 0.249 e. The van der Waals surface area contributed by atoms with Gasteiger partial charge in [0.1, 0.15) is 5.54 Å². The topological polar surface area (TPSA) is 49.4 Å². The van der Waals surface area contributed by atoms with Crippen LogP contribution in [0.2, 0.25) is 0 Å². The summed E-state index contributed by atoms with van der Waals surface area (Å²) in [6, 6.07) is 0.183. The highest BCUT2D eigenvalue weighted by atomic mass is 16.2. The van der Waals surface area contributed by atoms with Crippen LogP contribution in [0.3, 0.4) is 0 Å². The highest BCUT2D eigenvalue weighted by Crippen LogP contribution is 2.34. The van der Waals surface area contributed by atoms with Crippen molar-refractivity contribution in [1.29, 1.82) is 0 Å². The number of amides is 2. The zero-order valence-corrected chi connectivity index (χ0v) is 12.9. The Morgan fingerprint density at radius 1 is 1.20 bits per heavy atom. The van der Waals surface area contributed by atoms with Crippen molar-refractivity contribution in [1.82, 2.24) is 10.2 Å². The maximum Gasteiger partial charge on any atom is 0.249 e. The summed E-state index contributed by atoms with van der Waals surface area (Å²) in [4.78, 5) is 26.5. The number of nitrogens with one attached hydrogen (secondary N) is 1. The number of hydrogen-bond donors (Lipinski definition) is 1. The van der Waals surface area contributed by atoms with E-state index in [2.05, 4.69) is 19.2 Å². The van der Waals surface area contributed by atoms with Crippen molar-refractivity contribution in [3.63, 3.8) is 0 Å². The molecule has 1 N–H and O–H groups in total. The molecular formula is C16H28N2O2. The Labute approximate surface area is 122 Å². The van der Waals surface area contributed by atoms with Gasteiger partial charge in [0, 0.05) is 6.04 Å². The van der Waals surface area contributed by atoms with E-state index < -0.39 is 5.54 Å². The molecule has 0 aromatic rings. The monoisotopic (exact) mass is 280 g/mol. The van der Waals surface area contributed by atoms with Crippen molar-refractivity contribution in [2.45, 2.75) is 83.2 Å². The average Bonchev–Trinajstić information content (AvgIpc) is 2.88. The van der Waals surface area contributed by atoms with Crippen molar-refractivity contribution in [2.24, 2.45) is 0 Å². The lowest BCUT2D eigenvalue weighted by Crippen LogP contribution is -2.67.